The minimum atomic E-state index is 0.538. The van der Waals surface area contributed by atoms with Crippen LogP contribution in [0.3, 0.4) is 0 Å². The van der Waals surface area contributed by atoms with E-state index in [1.54, 1.807) is 6.07 Å². The lowest BCUT2D eigenvalue weighted by atomic mass is 10.2. The molecule has 0 saturated carbocycles. The van der Waals surface area contributed by atoms with Crippen LogP contribution in [0.25, 0.3) is 12.2 Å². The van der Waals surface area contributed by atoms with Crippen molar-refractivity contribution in [2.45, 2.75) is 13.3 Å². The lowest BCUT2D eigenvalue weighted by Gasteiger charge is -2.12. The predicted octanol–water partition coefficient (Wildman–Crippen LogP) is 5.20. The highest BCUT2D eigenvalue weighted by molar-refractivity contribution is 6.42. The van der Waals surface area contributed by atoms with Gasteiger partial charge in [0.25, 0.3) is 0 Å². The van der Waals surface area contributed by atoms with Gasteiger partial charge in [0.15, 0.2) is 0 Å². The molecule has 0 fully saturated rings. The van der Waals surface area contributed by atoms with Crippen LogP contribution >= 0.6 is 23.2 Å². The molecule has 0 bridgehead atoms. The van der Waals surface area contributed by atoms with Crippen molar-refractivity contribution >= 4 is 35.4 Å². The summed E-state index contributed by atoms with van der Waals surface area (Å²) in [6.45, 7) is 3.62. The van der Waals surface area contributed by atoms with E-state index in [1.807, 2.05) is 43.3 Å². The number of halogens is 2. The fourth-order valence-corrected chi connectivity index (χ4v) is 2.47. The second kappa shape index (κ2) is 9.07. The van der Waals surface area contributed by atoms with Crippen molar-refractivity contribution in [2.75, 3.05) is 27.2 Å². The standard InChI is InChI=1S/C19H22Cl2N2O/c1-14-5-10-19(24-12-4-11-23(2)3)18(22-14)9-7-15-6-8-16(20)17(21)13-15/h5-10,13H,4,11-12H2,1-3H3/b9-7+. The average molecular weight is 365 g/mol. The smallest absolute Gasteiger partial charge is 0.144 e. The lowest BCUT2D eigenvalue weighted by molar-refractivity contribution is 0.280. The summed E-state index contributed by atoms with van der Waals surface area (Å²) in [5.41, 5.74) is 2.72. The molecule has 0 amide bonds. The number of benzene rings is 1. The van der Waals surface area contributed by atoms with Crippen LogP contribution in [-0.2, 0) is 0 Å². The van der Waals surface area contributed by atoms with E-state index in [0.29, 0.717) is 16.7 Å². The number of ether oxygens (including phenoxy) is 1. The monoisotopic (exact) mass is 364 g/mol. The van der Waals surface area contributed by atoms with Gasteiger partial charge in [0.05, 0.1) is 16.7 Å². The summed E-state index contributed by atoms with van der Waals surface area (Å²) in [4.78, 5) is 6.70. The Hall–Kier alpha value is -1.55. The van der Waals surface area contributed by atoms with Crippen molar-refractivity contribution in [2.24, 2.45) is 0 Å². The molecule has 0 saturated heterocycles. The van der Waals surface area contributed by atoms with Crippen molar-refractivity contribution in [1.29, 1.82) is 0 Å². The van der Waals surface area contributed by atoms with Crippen molar-refractivity contribution in [3.8, 4) is 5.75 Å². The second-order valence-corrected chi connectivity index (χ2v) is 6.66. The maximum absolute atomic E-state index is 6.05. The van der Waals surface area contributed by atoms with Crippen LogP contribution < -0.4 is 4.74 Å². The third-order valence-electron chi connectivity index (χ3n) is 3.41. The van der Waals surface area contributed by atoms with E-state index >= 15 is 0 Å². The summed E-state index contributed by atoms with van der Waals surface area (Å²) >= 11 is 12.0. The summed E-state index contributed by atoms with van der Waals surface area (Å²) < 4.78 is 5.89. The van der Waals surface area contributed by atoms with Gasteiger partial charge in [0.2, 0.25) is 0 Å². The first kappa shape index (κ1) is 18.8. The van der Waals surface area contributed by atoms with Gasteiger partial charge in [-0.3, -0.25) is 0 Å². The molecule has 0 unspecified atom stereocenters. The molecular weight excluding hydrogens is 343 g/mol. The van der Waals surface area contributed by atoms with Crippen molar-refractivity contribution in [3.05, 3.63) is 57.3 Å². The Morgan fingerprint density at radius 1 is 1.08 bits per heavy atom. The summed E-state index contributed by atoms with van der Waals surface area (Å²) in [5.74, 6) is 0.788. The Balaban J connectivity index is 2.11. The van der Waals surface area contributed by atoms with Gasteiger partial charge >= 0.3 is 0 Å². The molecule has 5 heteroatoms. The van der Waals surface area contributed by atoms with E-state index in [-0.39, 0.29) is 0 Å². The van der Waals surface area contributed by atoms with Gasteiger partial charge in [-0.25, -0.2) is 4.98 Å². The van der Waals surface area contributed by atoms with Crippen molar-refractivity contribution in [1.82, 2.24) is 9.88 Å². The number of aryl methyl sites for hydroxylation is 1. The van der Waals surface area contributed by atoms with Crippen molar-refractivity contribution < 1.29 is 4.74 Å². The highest BCUT2D eigenvalue weighted by atomic mass is 35.5. The van der Waals surface area contributed by atoms with E-state index in [0.717, 1.165) is 35.7 Å². The van der Waals surface area contributed by atoms with Gasteiger partial charge in [-0.05, 0) is 63.3 Å². The lowest BCUT2D eigenvalue weighted by Crippen LogP contribution is -2.15. The third-order valence-corrected chi connectivity index (χ3v) is 4.15. The zero-order valence-electron chi connectivity index (χ0n) is 14.2. The molecule has 0 spiro atoms. The number of hydrogen-bond donors (Lipinski definition) is 0. The van der Waals surface area contributed by atoms with E-state index in [4.69, 9.17) is 27.9 Å². The minimum Gasteiger partial charge on any atom is -0.491 e. The molecule has 0 radical (unpaired) electrons. The summed E-state index contributed by atoms with van der Waals surface area (Å²) in [5, 5.41) is 1.09. The Kier molecular flexibility index (Phi) is 7.10. The Morgan fingerprint density at radius 2 is 1.88 bits per heavy atom. The van der Waals surface area contributed by atoms with E-state index in [9.17, 15) is 0 Å². The molecule has 1 aromatic carbocycles. The van der Waals surface area contributed by atoms with E-state index in [2.05, 4.69) is 24.0 Å². The highest BCUT2D eigenvalue weighted by Crippen LogP contribution is 2.25. The first-order chi connectivity index (χ1) is 11.5. The van der Waals surface area contributed by atoms with Crippen LogP contribution in [0.15, 0.2) is 30.3 Å². The van der Waals surface area contributed by atoms with Crippen LogP contribution in [-0.4, -0.2) is 37.1 Å². The predicted molar refractivity (Wildman–Crippen MR) is 103 cm³/mol. The molecule has 1 aromatic heterocycles. The van der Waals surface area contributed by atoms with Gasteiger partial charge in [0.1, 0.15) is 11.4 Å². The summed E-state index contributed by atoms with van der Waals surface area (Å²) in [7, 11) is 4.11. The Morgan fingerprint density at radius 3 is 2.58 bits per heavy atom. The number of rotatable bonds is 7. The molecule has 128 valence electrons. The van der Waals surface area contributed by atoms with E-state index < -0.39 is 0 Å². The fraction of sp³-hybridized carbons (Fsp3) is 0.316. The molecule has 3 nitrogen and oxygen atoms in total. The third kappa shape index (κ3) is 5.82. The van der Waals surface area contributed by atoms with Gasteiger partial charge in [-0.2, -0.15) is 0 Å². The van der Waals surface area contributed by atoms with Crippen LogP contribution in [0.2, 0.25) is 10.0 Å². The molecule has 1 heterocycles. The van der Waals surface area contributed by atoms with Crippen LogP contribution in [0.4, 0.5) is 0 Å². The highest BCUT2D eigenvalue weighted by Gasteiger charge is 2.04. The number of hydrogen-bond acceptors (Lipinski definition) is 3. The molecule has 0 N–H and O–H groups in total. The Bertz CT molecular complexity index is 715. The topological polar surface area (TPSA) is 25.4 Å². The molecule has 0 atom stereocenters. The summed E-state index contributed by atoms with van der Waals surface area (Å²) in [6, 6.07) is 9.45. The van der Waals surface area contributed by atoms with Crippen LogP contribution in [0.1, 0.15) is 23.4 Å². The zero-order chi connectivity index (χ0) is 17.5. The maximum Gasteiger partial charge on any atom is 0.144 e. The van der Waals surface area contributed by atoms with Crippen LogP contribution in [0, 0.1) is 6.92 Å². The Labute approximate surface area is 153 Å². The minimum absolute atomic E-state index is 0.538. The first-order valence-electron chi connectivity index (χ1n) is 7.84. The normalized spacial score (nSPS) is 11.4. The molecule has 2 aromatic rings. The van der Waals surface area contributed by atoms with Crippen molar-refractivity contribution in [3.63, 3.8) is 0 Å². The largest absolute Gasteiger partial charge is 0.491 e. The van der Waals surface area contributed by atoms with Gasteiger partial charge in [-0.1, -0.05) is 35.3 Å². The van der Waals surface area contributed by atoms with Gasteiger partial charge in [-0.15, -0.1) is 0 Å². The second-order valence-electron chi connectivity index (χ2n) is 5.85. The fourth-order valence-electron chi connectivity index (χ4n) is 2.16. The number of pyridine rings is 1. The molecule has 24 heavy (non-hydrogen) atoms. The van der Waals surface area contributed by atoms with E-state index in [1.165, 1.54) is 0 Å². The number of aromatic nitrogens is 1. The molecular formula is C19H22Cl2N2O. The average Bonchev–Trinajstić information content (AvgIpc) is 2.54. The SMILES string of the molecule is Cc1ccc(OCCCN(C)C)c(/C=C/c2ccc(Cl)c(Cl)c2)n1. The zero-order valence-corrected chi connectivity index (χ0v) is 15.7. The quantitative estimate of drug-likeness (QED) is 0.631. The molecule has 0 aliphatic rings. The molecule has 2 rings (SSSR count). The first-order valence-corrected chi connectivity index (χ1v) is 8.59. The maximum atomic E-state index is 6.05. The van der Waals surface area contributed by atoms with Crippen LogP contribution in [0.5, 0.6) is 5.75 Å². The van der Waals surface area contributed by atoms with Gasteiger partial charge in [0, 0.05) is 12.2 Å². The molecule has 0 aliphatic heterocycles. The van der Waals surface area contributed by atoms with Gasteiger partial charge < -0.3 is 9.64 Å². The number of nitrogens with zero attached hydrogens (tertiary/aromatic N) is 2. The summed E-state index contributed by atoms with van der Waals surface area (Å²) in [6.07, 6.45) is 4.86. The molecule has 0 aliphatic carbocycles.